The van der Waals surface area contributed by atoms with Crippen LogP contribution in [0.1, 0.15) is 49.4 Å². The average Bonchev–Trinajstić information content (AvgIpc) is 3.60. The van der Waals surface area contributed by atoms with Gasteiger partial charge in [-0.2, -0.15) is 0 Å². The van der Waals surface area contributed by atoms with E-state index >= 15 is 0 Å². The third-order valence-corrected chi connectivity index (χ3v) is 7.16. The standard InChI is InChI=1S/C30H41N5O6/c1-19(2)35(29(36)21-11-12-25(39-5)26(15-21)40-14-8-13-38-4)18-22-16-31-17-27(22)41-30(37)32-20(3)28-33-23-9-6-7-10-24(23)34-28/h6-7,9-12,15,19-20,22,27,31H,8,13-14,16-18H2,1-5H3,(H,32,37)(H,33,34)/t20?,22-,27-/m1/s1. The average molecular weight is 568 g/mol. The second-order valence-corrected chi connectivity index (χ2v) is 10.5. The fourth-order valence-electron chi connectivity index (χ4n) is 4.88. The highest BCUT2D eigenvalue weighted by molar-refractivity contribution is 5.95. The molecular formula is C30H41N5O6. The number of hydrogen-bond acceptors (Lipinski definition) is 8. The number of fused-ring (bicyclic) bond motifs is 1. The van der Waals surface area contributed by atoms with Gasteiger partial charge in [0.15, 0.2) is 11.5 Å². The van der Waals surface area contributed by atoms with Crippen molar-refractivity contribution in [3.8, 4) is 11.5 Å². The second-order valence-electron chi connectivity index (χ2n) is 10.5. The van der Waals surface area contributed by atoms with Gasteiger partial charge in [-0.25, -0.2) is 9.78 Å². The van der Waals surface area contributed by atoms with Gasteiger partial charge in [-0.15, -0.1) is 0 Å². The van der Waals surface area contributed by atoms with Crippen LogP contribution >= 0.6 is 0 Å². The summed E-state index contributed by atoms with van der Waals surface area (Å²) in [5.41, 5.74) is 2.25. The summed E-state index contributed by atoms with van der Waals surface area (Å²) < 4.78 is 22.2. The molecule has 222 valence electrons. The molecule has 0 bridgehead atoms. The van der Waals surface area contributed by atoms with E-state index in [1.165, 1.54) is 0 Å². The molecule has 3 N–H and O–H groups in total. The number of carbonyl (C=O) groups is 2. The first kappa shape index (κ1) is 30.1. The van der Waals surface area contributed by atoms with Gasteiger partial charge in [0.1, 0.15) is 11.9 Å². The van der Waals surface area contributed by atoms with Gasteiger partial charge >= 0.3 is 6.09 Å². The van der Waals surface area contributed by atoms with Gasteiger partial charge in [-0.1, -0.05) is 12.1 Å². The number of aromatic nitrogens is 2. The number of nitrogens with one attached hydrogen (secondary N) is 3. The normalized spacial score (nSPS) is 17.4. The monoisotopic (exact) mass is 567 g/mol. The molecule has 2 aromatic carbocycles. The highest BCUT2D eigenvalue weighted by Crippen LogP contribution is 2.29. The van der Waals surface area contributed by atoms with E-state index in [1.54, 1.807) is 37.3 Å². The molecule has 0 radical (unpaired) electrons. The highest BCUT2D eigenvalue weighted by Gasteiger charge is 2.34. The molecule has 1 saturated heterocycles. The first-order chi connectivity index (χ1) is 19.8. The highest BCUT2D eigenvalue weighted by atomic mass is 16.6. The number of benzene rings is 2. The van der Waals surface area contributed by atoms with Crippen LogP contribution in [-0.2, 0) is 9.47 Å². The quantitative estimate of drug-likeness (QED) is 0.265. The van der Waals surface area contributed by atoms with E-state index in [4.69, 9.17) is 18.9 Å². The number of para-hydroxylation sites is 2. The minimum atomic E-state index is -0.524. The van der Waals surface area contributed by atoms with E-state index in [1.807, 2.05) is 45.0 Å². The number of alkyl carbamates (subject to hydrolysis) is 1. The molecule has 11 nitrogen and oxygen atoms in total. The first-order valence-electron chi connectivity index (χ1n) is 14.0. The zero-order chi connectivity index (χ0) is 29.4. The molecule has 0 saturated carbocycles. The maximum atomic E-state index is 13.7. The summed E-state index contributed by atoms with van der Waals surface area (Å²) in [4.78, 5) is 36.1. The molecule has 3 aromatic rings. The van der Waals surface area contributed by atoms with Crippen molar-refractivity contribution in [3.05, 3.63) is 53.9 Å². The second kappa shape index (κ2) is 14.2. The summed E-state index contributed by atoms with van der Waals surface area (Å²) >= 11 is 0. The Morgan fingerprint density at radius 2 is 1.88 bits per heavy atom. The molecule has 41 heavy (non-hydrogen) atoms. The molecule has 1 unspecified atom stereocenters. The van der Waals surface area contributed by atoms with Crippen LogP contribution in [0.15, 0.2) is 42.5 Å². The van der Waals surface area contributed by atoms with Crippen LogP contribution in [0.3, 0.4) is 0 Å². The number of amides is 2. The molecular weight excluding hydrogens is 526 g/mol. The smallest absolute Gasteiger partial charge is 0.408 e. The molecule has 3 atom stereocenters. The lowest BCUT2D eigenvalue weighted by atomic mass is 10.0. The van der Waals surface area contributed by atoms with Crippen molar-refractivity contribution < 1.29 is 28.5 Å². The van der Waals surface area contributed by atoms with Crippen molar-refractivity contribution in [2.24, 2.45) is 5.92 Å². The number of nitrogens with zero attached hydrogens (tertiary/aromatic N) is 2. The maximum Gasteiger partial charge on any atom is 0.408 e. The molecule has 4 rings (SSSR count). The minimum Gasteiger partial charge on any atom is -0.493 e. The van der Waals surface area contributed by atoms with Crippen LogP contribution in [0, 0.1) is 5.92 Å². The Balaban J connectivity index is 1.38. The summed E-state index contributed by atoms with van der Waals surface area (Å²) in [5, 5.41) is 6.18. The third-order valence-electron chi connectivity index (χ3n) is 7.16. The number of ether oxygens (including phenoxy) is 4. The van der Waals surface area contributed by atoms with Crippen molar-refractivity contribution >= 4 is 23.0 Å². The van der Waals surface area contributed by atoms with Gasteiger partial charge in [0.2, 0.25) is 0 Å². The molecule has 0 aliphatic carbocycles. The predicted octanol–water partition coefficient (Wildman–Crippen LogP) is 3.91. The number of imidazole rings is 1. The zero-order valence-corrected chi connectivity index (χ0v) is 24.4. The lowest BCUT2D eigenvalue weighted by molar-refractivity contribution is 0.0515. The van der Waals surface area contributed by atoms with Crippen LogP contribution in [0.4, 0.5) is 4.79 Å². The molecule has 11 heteroatoms. The SMILES string of the molecule is COCCCOc1cc(C(=O)N(C[C@H]2CNC[C@H]2OC(=O)NC(C)c2nc3ccccc3[nH]2)C(C)C)ccc1OC. The third kappa shape index (κ3) is 7.68. The van der Waals surface area contributed by atoms with E-state index in [2.05, 4.69) is 20.6 Å². The molecule has 1 fully saturated rings. The zero-order valence-electron chi connectivity index (χ0n) is 24.4. The molecule has 1 aromatic heterocycles. The number of aromatic amines is 1. The van der Waals surface area contributed by atoms with E-state index < -0.39 is 6.09 Å². The molecule has 0 spiro atoms. The van der Waals surface area contributed by atoms with Crippen molar-refractivity contribution in [1.29, 1.82) is 0 Å². The lowest BCUT2D eigenvalue weighted by Crippen LogP contribution is -2.44. The van der Waals surface area contributed by atoms with Gasteiger partial charge in [0.25, 0.3) is 5.91 Å². The lowest BCUT2D eigenvalue weighted by Gasteiger charge is -2.31. The maximum absolute atomic E-state index is 13.7. The molecule has 2 amide bonds. The van der Waals surface area contributed by atoms with E-state index in [0.717, 1.165) is 17.5 Å². The van der Waals surface area contributed by atoms with Crippen molar-refractivity contribution in [2.75, 3.05) is 47.1 Å². The predicted molar refractivity (Wildman–Crippen MR) is 155 cm³/mol. The fraction of sp³-hybridized carbons (Fsp3) is 0.500. The first-order valence-corrected chi connectivity index (χ1v) is 14.0. The van der Waals surface area contributed by atoms with Crippen molar-refractivity contribution in [3.63, 3.8) is 0 Å². The van der Waals surface area contributed by atoms with E-state index in [-0.39, 0.29) is 30.0 Å². The van der Waals surface area contributed by atoms with Crippen LogP contribution in [0.2, 0.25) is 0 Å². The van der Waals surface area contributed by atoms with Crippen LogP contribution in [0.25, 0.3) is 11.0 Å². The largest absolute Gasteiger partial charge is 0.493 e. The molecule has 1 aliphatic rings. The Hall–Kier alpha value is -3.83. The van der Waals surface area contributed by atoms with E-state index in [0.29, 0.717) is 55.7 Å². The van der Waals surface area contributed by atoms with Gasteiger partial charge in [0, 0.05) is 57.3 Å². The van der Waals surface area contributed by atoms with Gasteiger partial charge in [-0.3, -0.25) is 4.79 Å². The Labute approximate surface area is 240 Å². The van der Waals surface area contributed by atoms with Gasteiger partial charge in [-0.05, 0) is 51.1 Å². The number of hydrogen-bond donors (Lipinski definition) is 3. The summed E-state index contributed by atoms with van der Waals surface area (Å²) in [5.74, 6) is 1.53. The van der Waals surface area contributed by atoms with E-state index in [9.17, 15) is 9.59 Å². The topological polar surface area (TPSA) is 127 Å². The Morgan fingerprint density at radius 1 is 1.07 bits per heavy atom. The van der Waals surface area contributed by atoms with Gasteiger partial charge < -0.3 is 39.5 Å². The number of rotatable bonds is 13. The summed E-state index contributed by atoms with van der Waals surface area (Å²) in [7, 11) is 3.21. The summed E-state index contributed by atoms with van der Waals surface area (Å²) in [6, 6.07) is 12.5. The van der Waals surface area contributed by atoms with Crippen molar-refractivity contribution in [2.45, 2.75) is 45.4 Å². The minimum absolute atomic E-state index is 0.0705. The molecule has 2 heterocycles. The van der Waals surface area contributed by atoms with Crippen LogP contribution in [0.5, 0.6) is 11.5 Å². The van der Waals surface area contributed by atoms with Crippen LogP contribution < -0.4 is 20.1 Å². The van der Waals surface area contributed by atoms with Gasteiger partial charge in [0.05, 0.1) is 30.8 Å². The summed E-state index contributed by atoms with van der Waals surface area (Å²) in [6.07, 6.45) is -0.191. The Kier molecular flexibility index (Phi) is 10.4. The number of H-pyrrole nitrogens is 1. The number of carbonyl (C=O) groups excluding carboxylic acids is 2. The molecule has 1 aliphatic heterocycles. The van der Waals surface area contributed by atoms with Crippen LogP contribution in [-0.4, -0.2) is 86.1 Å². The van der Waals surface area contributed by atoms with Crippen molar-refractivity contribution in [1.82, 2.24) is 25.5 Å². The fourth-order valence-corrected chi connectivity index (χ4v) is 4.88. The Morgan fingerprint density at radius 3 is 2.61 bits per heavy atom. The Bertz CT molecular complexity index is 1280. The number of methoxy groups -OCH3 is 2. The summed E-state index contributed by atoms with van der Waals surface area (Å²) in [6.45, 7) is 8.40.